The van der Waals surface area contributed by atoms with Crippen molar-refractivity contribution in [1.82, 2.24) is 4.98 Å². The van der Waals surface area contributed by atoms with Gasteiger partial charge in [-0.2, -0.15) is 0 Å². The minimum atomic E-state index is -1.54. The summed E-state index contributed by atoms with van der Waals surface area (Å²) in [5, 5.41) is 11.2. The van der Waals surface area contributed by atoms with Crippen LogP contribution in [0.4, 0.5) is 24.7 Å². The Hall–Kier alpha value is -2.46. The maximum atomic E-state index is 14.2. The van der Waals surface area contributed by atoms with Crippen molar-refractivity contribution in [3.63, 3.8) is 0 Å². The molecule has 6 nitrogen and oxygen atoms in total. The van der Waals surface area contributed by atoms with Crippen LogP contribution in [0.1, 0.15) is 35.2 Å². The summed E-state index contributed by atoms with van der Waals surface area (Å²) in [7, 11) is 0. The van der Waals surface area contributed by atoms with Gasteiger partial charge in [0, 0.05) is 28.9 Å². The van der Waals surface area contributed by atoms with Gasteiger partial charge in [0.25, 0.3) is 0 Å². The van der Waals surface area contributed by atoms with Gasteiger partial charge in [0.05, 0.1) is 5.56 Å². The van der Waals surface area contributed by atoms with Crippen molar-refractivity contribution in [1.29, 1.82) is 5.41 Å². The number of ketones is 1. The Morgan fingerprint density at radius 1 is 1.29 bits per heavy atom. The lowest BCUT2D eigenvalue weighted by molar-refractivity contribution is 0.0341. The second-order valence-electron chi connectivity index (χ2n) is 6.20. The van der Waals surface area contributed by atoms with E-state index in [1.807, 2.05) is 0 Å². The summed E-state index contributed by atoms with van der Waals surface area (Å²) in [6.07, 6.45) is 3.65. The number of pyridine rings is 1. The minimum absolute atomic E-state index is 0.00949. The monoisotopic (exact) mass is 456 g/mol. The van der Waals surface area contributed by atoms with Crippen LogP contribution in [0, 0.1) is 22.9 Å². The van der Waals surface area contributed by atoms with E-state index in [4.69, 9.17) is 15.9 Å². The Morgan fingerprint density at radius 3 is 2.71 bits per heavy atom. The molecule has 4 N–H and O–H groups in total. The zero-order valence-electron chi connectivity index (χ0n) is 14.5. The van der Waals surface area contributed by atoms with Gasteiger partial charge in [-0.3, -0.25) is 10.2 Å². The number of nitrogens with zero attached hydrogens (tertiary/aromatic N) is 1. The molecule has 1 aliphatic heterocycles. The number of anilines is 2. The van der Waals surface area contributed by atoms with E-state index in [1.165, 1.54) is 12.3 Å². The summed E-state index contributed by atoms with van der Waals surface area (Å²) in [5.41, 5.74) is 2.42. The van der Waals surface area contributed by atoms with Crippen LogP contribution in [0.2, 0.25) is 0 Å². The number of rotatable bonds is 5. The lowest BCUT2D eigenvalue weighted by Crippen LogP contribution is -2.29. The summed E-state index contributed by atoms with van der Waals surface area (Å²) < 4.78 is 47.7. The number of nitrogens with two attached hydrogens (primary N) is 1. The highest BCUT2D eigenvalue weighted by atomic mass is 79.9. The number of benzene rings is 1. The smallest absolute Gasteiger partial charge is 0.217 e. The highest BCUT2D eigenvalue weighted by Crippen LogP contribution is 2.27. The number of carbonyl (C=O) groups excluding carboxylic acids is 1. The number of aromatic nitrogens is 1. The fourth-order valence-electron chi connectivity index (χ4n) is 2.81. The van der Waals surface area contributed by atoms with E-state index in [9.17, 15) is 18.0 Å². The first-order valence-electron chi connectivity index (χ1n) is 8.40. The average Bonchev–Trinajstić information content (AvgIpc) is 2.67. The molecule has 1 saturated heterocycles. The van der Waals surface area contributed by atoms with E-state index >= 15 is 0 Å². The Labute approximate surface area is 166 Å². The van der Waals surface area contributed by atoms with Crippen LogP contribution in [-0.4, -0.2) is 29.3 Å². The van der Waals surface area contributed by atoms with Crippen LogP contribution in [0.15, 0.2) is 22.8 Å². The SMILES string of the molecule is N=C(C(=O)c1c(F)cc(F)c(N)c1F)c1cc(Br)cnc1NC1CCCCO1. The Morgan fingerprint density at radius 2 is 2.04 bits per heavy atom. The number of nitrogen functional groups attached to an aromatic ring is 1. The molecule has 1 aromatic heterocycles. The van der Waals surface area contributed by atoms with Crippen LogP contribution in [0.25, 0.3) is 0 Å². The molecule has 1 atom stereocenters. The fourth-order valence-corrected chi connectivity index (χ4v) is 3.14. The molecule has 1 fully saturated rings. The molecule has 2 heterocycles. The van der Waals surface area contributed by atoms with Gasteiger partial charge < -0.3 is 15.8 Å². The van der Waals surface area contributed by atoms with Gasteiger partial charge in [-0.05, 0) is 41.3 Å². The molecule has 148 valence electrons. The summed E-state index contributed by atoms with van der Waals surface area (Å²) in [6, 6.07) is 1.73. The lowest BCUT2D eigenvalue weighted by Gasteiger charge is -2.25. The summed E-state index contributed by atoms with van der Waals surface area (Å²) in [4.78, 5) is 16.8. The highest BCUT2D eigenvalue weighted by molar-refractivity contribution is 9.10. The lowest BCUT2D eigenvalue weighted by atomic mass is 9.99. The number of carbonyl (C=O) groups is 1. The molecule has 1 aromatic carbocycles. The average molecular weight is 457 g/mol. The van der Waals surface area contributed by atoms with Crippen LogP contribution < -0.4 is 11.1 Å². The zero-order valence-corrected chi connectivity index (χ0v) is 16.1. The number of hydrogen-bond donors (Lipinski definition) is 3. The van der Waals surface area contributed by atoms with Gasteiger partial charge in [0.2, 0.25) is 5.78 Å². The fraction of sp³-hybridized carbons (Fsp3) is 0.278. The molecular formula is C18H16BrF3N4O2. The predicted octanol–water partition coefficient (Wildman–Crippen LogP) is 4.03. The van der Waals surface area contributed by atoms with Crippen molar-refractivity contribution in [3.8, 4) is 0 Å². The molecule has 10 heteroatoms. The molecule has 0 aliphatic carbocycles. The number of hydrogen-bond acceptors (Lipinski definition) is 6. The van der Waals surface area contributed by atoms with E-state index in [0.717, 1.165) is 12.8 Å². The second-order valence-corrected chi connectivity index (χ2v) is 7.11. The van der Waals surface area contributed by atoms with E-state index in [2.05, 4.69) is 26.2 Å². The number of ether oxygens (including phenoxy) is 1. The number of nitrogens with one attached hydrogen (secondary N) is 2. The summed E-state index contributed by atoms with van der Waals surface area (Å²) >= 11 is 3.20. The third kappa shape index (κ3) is 4.02. The van der Waals surface area contributed by atoms with Gasteiger partial charge in [-0.25, -0.2) is 18.2 Å². The molecule has 0 spiro atoms. The molecule has 0 saturated carbocycles. The summed E-state index contributed by atoms with van der Waals surface area (Å²) in [6.45, 7) is 0.561. The first kappa shape index (κ1) is 20.3. The second kappa shape index (κ2) is 8.27. The van der Waals surface area contributed by atoms with Crippen LogP contribution in [0.5, 0.6) is 0 Å². The van der Waals surface area contributed by atoms with E-state index in [1.54, 1.807) is 0 Å². The van der Waals surface area contributed by atoms with E-state index in [0.29, 0.717) is 23.6 Å². The van der Waals surface area contributed by atoms with Gasteiger partial charge in [0.15, 0.2) is 11.6 Å². The van der Waals surface area contributed by atoms with Crippen molar-refractivity contribution in [2.24, 2.45) is 0 Å². The standard InChI is InChI=1S/C18H16BrF3N4O2/c19-8-5-9(18(25-7-8)26-12-3-1-2-4-28-12)15(23)17(27)13-10(20)6-11(21)16(24)14(13)22/h5-7,12,23H,1-4,24H2,(H,25,26). The molecule has 1 unspecified atom stereocenters. The Kier molecular flexibility index (Phi) is 5.99. The number of halogens is 4. The van der Waals surface area contributed by atoms with Crippen LogP contribution >= 0.6 is 15.9 Å². The summed E-state index contributed by atoms with van der Waals surface area (Å²) in [5.74, 6) is -5.43. The van der Waals surface area contributed by atoms with Gasteiger partial charge in [-0.15, -0.1) is 0 Å². The molecule has 1 aliphatic rings. The minimum Gasteiger partial charge on any atom is -0.394 e. The van der Waals surface area contributed by atoms with Crippen molar-refractivity contribution >= 4 is 38.9 Å². The van der Waals surface area contributed by atoms with Crippen molar-refractivity contribution < 1.29 is 22.7 Å². The third-order valence-corrected chi connectivity index (χ3v) is 4.69. The maximum Gasteiger partial charge on any atom is 0.217 e. The molecule has 0 bridgehead atoms. The first-order valence-corrected chi connectivity index (χ1v) is 9.19. The first-order chi connectivity index (χ1) is 13.3. The van der Waals surface area contributed by atoms with Gasteiger partial charge in [-0.1, -0.05) is 0 Å². The number of Topliss-reactive ketones (excluding diaryl/α,β-unsaturated/α-hetero) is 1. The van der Waals surface area contributed by atoms with E-state index < -0.39 is 40.2 Å². The largest absolute Gasteiger partial charge is 0.394 e. The van der Waals surface area contributed by atoms with Crippen LogP contribution in [-0.2, 0) is 4.74 Å². The molecule has 0 amide bonds. The Balaban J connectivity index is 1.97. The van der Waals surface area contributed by atoms with Crippen molar-refractivity contribution in [3.05, 3.63) is 51.4 Å². The third-order valence-electron chi connectivity index (χ3n) is 4.26. The molecule has 3 rings (SSSR count). The quantitative estimate of drug-likeness (QED) is 0.358. The topological polar surface area (TPSA) is 101 Å². The maximum absolute atomic E-state index is 14.2. The van der Waals surface area contributed by atoms with Gasteiger partial charge in [0.1, 0.15) is 29.3 Å². The van der Waals surface area contributed by atoms with Gasteiger partial charge >= 0.3 is 0 Å². The van der Waals surface area contributed by atoms with E-state index in [-0.39, 0.29) is 17.6 Å². The normalized spacial score (nSPS) is 16.6. The molecule has 28 heavy (non-hydrogen) atoms. The van der Waals surface area contributed by atoms with Crippen molar-refractivity contribution in [2.45, 2.75) is 25.5 Å². The zero-order chi connectivity index (χ0) is 20.4. The Bertz CT molecular complexity index is 949. The highest BCUT2D eigenvalue weighted by Gasteiger charge is 2.28. The van der Waals surface area contributed by atoms with Crippen molar-refractivity contribution in [2.75, 3.05) is 17.7 Å². The molecule has 2 aromatic rings. The molecule has 0 radical (unpaired) electrons. The predicted molar refractivity (Wildman–Crippen MR) is 101 cm³/mol. The van der Waals surface area contributed by atoms with Crippen LogP contribution in [0.3, 0.4) is 0 Å². The molecular weight excluding hydrogens is 441 g/mol.